The second kappa shape index (κ2) is 9.27. The number of ether oxygens (including phenoxy) is 1. The van der Waals surface area contributed by atoms with Gasteiger partial charge in [0.2, 0.25) is 10.0 Å². The topological polar surface area (TPSA) is 114 Å². The summed E-state index contributed by atoms with van der Waals surface area (Å²) in [6.45, 7) is 2.86. The predicted molar refractivity (Wildman–Crippen MR) is 115 cm³/mol. The van der Waals surface area contributed by atoms with Crippen LogP contribution in [0.25, 0.3) is 0 Å². The quantitative estimate of drug-likeness (QED) is 0.623. The van der Waals surface area contributed by atoms with E-state index in [9.17, 15) is 18.0 Å². The van der Waals surface area contributed by atoms with Crippen molar-refractivity contribution < 1.29 is 22.7 Å². The van der Waals surface area contributed by atoms with Crippen LogP contribution in [0.1, 0.15) is 39.1 Å². The number of amides is 2. The summed E-state index contributed by atoms with van der Waals surface area (Å²) in [6, 6.07) is 11.4. The molecule has 0 spiro atoms. The number of para-hydroxylation sites is 1. The summed E-state index contributed by atoms with van der Waals surface area (Å²) in [4.78, 5) is 25.3. The molecule has 160 valence electrons. The zero-order chi connectivity index (χ0) is 21.7. The van der Waals surface area contributed by atoms with Crippen molar-refractivity contribution in [3.05, 3.63) is 59.2 Å². The minimum atomic E-state index is -3.48. The zero-order valence-electron chi connectivity index (χ0n) is 16.9. The lowest BCUT2D eigenvalue weighted by atomic mass is 10.1. The van der Waals surface area contributed by atoms with Gasteiger partial charge < -0.3 is 15.4 Å². The van der Waals surface area contributed by atoms with E-state index >= 15 is 0 Å². The summed E-state index contributed by atoms with van der Waals surface area (Å²) in [7, 11) is -3.48. The van der Waals surface area contributed by atoms with Gasteiger partial charge in [0.1, 0.15) is 0 Å². The summed E-state index contributed by atoms with van der Waals surface area (Å²) in [5, 5.41) is 5.58. The summed E-state index contributed by atoms with van der Waals surface area (Å²) >= 11 is 0. The number of hydrogen-bond acceptors (Lipinski definition) is 5. The molecule has 2 aromatic carbocycles. The van der Waals surface area contributed by atoms with Crippen molar-refractivity contribution >= 4 is 33.2 Å². The first-order chi connectivity index (χ1) is 14.2. The van der Waals surface area contributed by atoms with E-state index in [2.05, 4.69) is 15.4 Å². The number of rotatable bonds is 7. The molecule has 2 amide bonds. The first-order valence-electron chi connectivity index (χ1n) is 9.61. The Morgan fingerprint density at radius 1 is 1.10 bits per heavy atom. The molecule has 3 rings (SSSR count). The number of nitrogens with one attached hydrogen (secondary N) is 3. The summed E-state index contributed by atoms with van der Waals surface area (Å²) < 4.78 is 31.0. The Morgan fingerprint density at radius 2 is 1.87 bits per heavy atom. The SMILES string of the molecule is Cc1ccc(C(=O)Nc2ccccc2C(=O)NC[C@H]2CCCO2)cc1NS(C)(=O)=O. The van der Waals surface area contributed by atoms with Crippen LogP contribution in [0.5, 0.6) is 0 Å². The lowest BCUT2D eigenvalue weighted by Gasteiger charge is -2.14. The van der Waals surface area contributed by atoms with Crippen molar-refractivity contribution in [2.24, 2.45) is 0 Å². The average molecular weight is 432 g/mol. The van der Waals surface area contributed by atoms with E-state index < -0.39 is 15.9 Å². The molecular formula is C21H25N3O5S. The molecule has 1 atom stereocenters. The molecule has 0 aliphatic carbocycles. The van der Waals surface area contributed by atoms with Crippen LogP contribution >= 0.6 is 0 Å². The van der Waals surface area contributed by atoms with Crippen molar-refractivity contribution in [3.63, 3.8) is 0 Å². The minimum Gasteiger partial charge on any atom is -0.376 e. The van der Waals surface area contributed by atoms with E-state index in [1.165, 1.54) is 6.07 Å². The highest BCUT2D eigenvalue weighted by Crippen LogP contribution is 2.21. The Kier molecular flexibility index (Phi) is 6.73. The van der Waals surface area contributed by atoms with Gasteiger partial charge in [-0.1, -0.05) is 18.2 Å². The molecule has 0 aromatic heterocycles. The number of hydrogen-bond donors (Lipinski definition) is 3. The molecule has 0 saturated carbocycles. The third kappa shape index (κ3) is 5.80. The molecule has 9 heteroatoms. The normalized spacial score (nSPS) is 16.1. The van der Waals surface area contributed by atoms with E-state index in [0.29, 0.717) is 35.7 Å². The molecule has 0 radical (unpaired) electrons. The van der Waals surface area contributed by atoms with Gasteiger partial charge in [-0.3, -0.25) is 14.3 Å². The summed E-state index contributed by atoms with van der Waals surface area (Å²) in [5.74, 6) is -0.754. The van der Waals surface area contributed by atoms with E-state index in [0.717, 1.165) is 19.1 Å². The monoisotopic (exact) mass is 431 g/mol. The van der Waals surface area contributed by atoms with Gasteiger partial charge in [0.05, 0.1) is 29.3 Å². The molecule has 1 heterocycles. The van der Waals surface area contributed by atoms with Crippen molar-refractivity contribution in [1.29, 1.82) is 0 Å². The van der Waals surface area contributed by atoms with E-state index in [4.69, 9.17) is 4.74 Å². The van der Waals surface area contributed by atoms with Crippen molar-refractivity contribution in [3.8, 4) is 0 Å². The highest BCUT2D eigenvalue weighted by Gasteiger charge is 2.19. The second-order valence-electron chi connectivity index (χ2n) is 7.25. The maximum atomic E-state index is 12.7. The number of carbonyl (C=O) groups excluding carboxylic acids is 2. The van der Waals surface area contributed by atoms with Crippen molar-refractivity contribution in [2.45, 2.75) is 25.9 Å². The van der Waals surface area contributed by atoms with Gasteiger partial charge in [0.15, 0.2) is 0 Å². The van der Waals surface area contributed by atoms with Gasteiger partial charge in [-0.2, -0.15) is 0 Å². The smallest absolute Gasteiger partial charge is 0.255 e. The fourth-order valence-corrected chi connectivity index (χ4v) is 3.78. The zero-order valence-corrected chi connectivity index (χ0v) is 17.7. The van der Waals surface area contributed by atoms with Gasteiger partial charge in [-0.05, 0) is 49.6 Å². The highest BCUT2D eigenvalue weighted by molar-refractivity contribution is 7.92. The van der Waals surface area contributed by atoms with Gasteiger partial charge >= 0.3 is 0 Å². The molecular weight excluding hydrogens is 406 g/mol. The second-order valence-corrected chi connectivity index (χ2v) is 9.00. The Hall–Kier alpha value is -2.91. The van der Waals surface area contributed by atoms with Crippen LogP contribution in [0.4, 0.5) is 11.4 Å². The van der Waals surface area contributed by atoms with E-state index in [-0.39, 0.29) is 17.6 Å². The van der Waals surface area contributed by atoms with Crippen LogP contribution in [-0.4, -0.2) is 45.7 Å². The molecule has 1 fully saturated rings. The molecule has 0 unspecified atom stereocenters. The van der Waals surface area contributed by atoms with Crippen molar-refractivity contribution in [2.75, 3.05) is 29.4 Å². The molecule has 1 saturated heterocycles. The minimum absolute atomic E-state index is 0.0176. The van der Waals surface area contributed by atoms with Crippen LogP contribution in [-0.2, 0) is 14.8 Å². The number of aryl methyl sites for hydroxylation is 1. The van der Waals surface area contributed by atoms with Crippen LogP contribution in [0.15, 0.2) is 42.5 Å². The Labute approximate surface area is 176 Å². The molecule has 1 aliphatic heterocycles. The number of anilines is 2. The maximum Gasteiger partial charge on any atom is 0.255 e. The van der Waals surface area contributed by atoms with E-state index in [1.807, 2.05) is 0 Å². The number of benzene rings is 2. The summed E-state index contributed by atoms with van der Waals surface area (Å²) in [5.41, 5.74) is 1.98. The van der Waals surface area contributed by atoms with Crippen LogP contribution in [0, 0.1) is 6.92 Å². The molecule has 8 nitrogen and oxygen atoms in total. The summed E-state index contributed by atoms with van der Waals surface area (Å²) in [6.07, 6.45) is 2.96. The lowest BCUT2D eigenvalue weighted by molar-refractivity contribution is 0.0858. The Balaban J connectivity index is 1.74. The van der Waals surface area contributed by atoms with Gasteiger partial charge in [-0.15, -0.1) is 0 Å². The van der Waals surface area contributed by atoms with Crippen LogP contribution in [0.2, 0.25) is 0 Å². The first kappa shape index (κ1) is 21.8. The molecule has 1 aliphatic rings. The van der Waals surface area contributed by atoms with Gasteiger partial charge in [0.25, 0.3) is 11.8 Å². The fraction of sp³-hybridized carbons (Fsp3) is 0.333. The van der Waals surface area contributed by atoms with Crippen LogP contribution < -0.4 is 15.4 Å². The van der Waals surface area contributed by atoms with Crippen molar-refractivity contribution in [1.82, 2.24) is 5.32 Å². The largest absolute Gasteiger partial charge is 0.376 e. The highest BCUT2D eigenvalue weighted by atomic mass is 32.2. The number of sulfonamides is 1. The average Bonchev–Trinajstić information content (AvgIpc) is 3.21. The predicted octanol–water partition coefficient (Wildman–Crippen LogP) is 2.53. The lowest BCUT2D eigenvalue weighted by Crippen LogP contribution is -2.32. The number of carbonyl (C=O) groups is 2. The third-order valence-electron chi connectivity index (χ3n) is 4.73. The molecule has 0 bridgehead atoms. The van der Waals surface area contributed by atoms with Gasteiger partial charge in [0, 0.05) is 18.7 Å². The molecule has 30 heavy (non-hydrogen) atoms. The van der Waals surface area contributed by atoms with Crippen LogP contribution in [0.3, 0.4) is 0 Å². The maximum absolute atomic E-state index is 12.7. The fourth-order valence-electron chi connectivity index (χ4n) is 3.16. The Bertz CT molecular complexity index is 1050. The standard InChI is InChI=1S/C21H25N3O5S/c1-14-9-10-15(12-19(14)24-30(2,27)28)20(25)23-18-8-4-3-7-17(18)21(26)22-13-16-6-5-11-29-16/h3-4,7-10,12,16,24H,5-6,11,13H2,1-2H3,(H,22,26)(H,23,25)/t16-/m1/s1. The van der Waals surface area contributed by atoms with Gasteiger partial charge in [-0.25, -0.2) is 8.42 Å². The Morgan fingerprint density at radius 3 is 2.57 bits per heavy atom. The van der Waals surface area contributed by atoms with E-state index in [1.54, 1.807) is 43.3 Å². The first-order valence-corrected chi connectivity index (χ1v) is 11.5. The molecule has 3 N–H and O–H groups in total. The molecule has 2 aromatic rings. The third-order valence-corrected chi connectivity index (χ3v) is 5.32.